The van der Waals surface area contributed by atoms with Crippen molar-refractivity contribution in [1.29, 1.82) is 0 Å². The van der Waals surface area contributed by atoms with Gasteiger partial charge in [-0.05, 0) is 41.5 Å². The van der Waals surface area contributed by atoms with E-state index < -0.39 is 0 Å². The minimum absolute atomic E-state index is 0.185. The topological polar surface area (TPSA) is 43.6 Å². The molecule has 1 aromatic carbocycles. The van der Waals surface area contributed by atoms with Gasteiger partial charge >= 0.3 is 0 Å². The van der Waals surface area contributed by atoms with E-state index in [0.29, 0.717) is 12.4 Å². The van der Waals surface area contributed by atoms with Crippen LogP contribution in [0.2, 0.25) is 5.02 Å². The third kappa shape index (κ3) is 3.17. The van der Waals surface area contributed by atoms with Crippen LogP contribution in [0.25, 0.3) is 0 Å². The maximum Gasteiger partial charge on any atom is 0.168 e. The molecule has 0 aliphatic carbocycles. The number of nitrogens with zero attached hydrogens (tertiary/aromatic N) is 4. The second kappa shape index (κ2) is 5.47. The largest absolute Gasteiger partial charge is 0.228 e. The van der Waals surface area contributed by atoms with Crippen LogP contribution in [0, 0.1) is 0 Å². The van der Waals surface area contributed by atoms with E-state index in [-0.39, 0.29) is 5.38 Å². The first-order valence-electron chi connectivity index (χ1n) is 5.31. The van der Waals surface area contributed by atoms with Gasteiger partial charge in [0.15, 0.2) is 5.82 Å². The Hall–Kier alpha value is -1.13. The average Bonchev–Trinajstić information content (AvgIpc) is 2.76. The number of hydrogen-bond donors (Lipinski definition) is 0. The monoisotopic (exact) mass is 270 g/mol. The van der Waals surface area contributed by atoms with Crippen LogP contribution in [0.5, 0.6) is 0 Å². The minimum atomic E-state index is -0.185. The summed E-state index contributed by atoms with van der Waals surface area (Å²) < 4.78 is 1.73. The van der Waals surface area contributed by atoms with Crippen molar-refractivity contribution in [1.82, 2.24) is 20.2 Å². The maximum absolute atomic E-state index is 5.97. The summed E-state index contributed by atoms with van der Waals surface area (Å²) in [5.74, 6) is 0.695. The Bertz CT molecular complexity index is 478. The molecule has 0 N–H and O–H groups in total. The Morgan fingerprint density at radius 1 is 1.29 bits per heavy atom. The lowest BCUT2D eigenvalue weighted by atomic mass is 10.1. The van der Waals surface area contributed by atoms with Gasteiger partial charge in [-0.25, -0.2) is 4.68 Å². The van der Waals surface area contributed by atoms with Crippen molar-refractivity contribution >= 4 is 23.2 Å². The lowest BCUT2D eigenvalue weighted by Gasteiger charge is -2.05. The fourth-order valence-corrected chi connectivity index (χ4v) is 1.82. The average molecular weight is 271 g/mol. The van der Waals surface area contributed by atoms with E-state index in [9.17, 15) is 0 Å². The van der Waals surface area contributed by atoms with E-state index >= 15 is 0 Å². The van der Waals surface area contributed by atoms with Crippen LogP contribution in [-0.4, -0.2) is 20.2 Å². The molecule has 0 bridgehead atoms. The minimum Gasteiger partial charge on any atom is -0.228 e. The van der Waals surface area contributed by atoms with Gasteiger partial charge in [-0.1, -0.05) is 23.7 Å². The highest BCUT2D eigenvalue weighted by Gasteiger charge is 2.11. The molecule has 4 nitrogen and oxygen atoms in total. The van der Waals surface area contributed by atoms with Crippen LogP contribution in [0.1, 0.15) is 23.7 Å². The number of benzene rings is 1. The van der Waals surface area contributed by atoms with Crippen molar-refractivity contribution in [3.8, 4) is 0 Å². The first-order chi connectivity index (χ1) is 8.16. The third-order valence-corrected chi connectivity index (χ3v) is 2.89. The van der Waals surface area contributed by atoms with Gasteiger partial charge in [0.25, 0.3) is 0 Å². The van der Waals surface area contributed by atoms with Gasteiger partial charge in [-0.2, -0.15) is 0 Å². The van der Waals surface area contributed by atoms with Gasteiger partial charge in [0.1, 0.15) is 0 Å². The Balaban J connectivity index is 2.02. The zero-order valence-corrected chi connectivity index (χ0v) is 10.9. The molecular formula is C11H12Cl2N4. The maximum atomic E-state index is 5.97. The Labute approximate surface area is 110 Å². The van der Waals surface area contributed by atoms with Crippen LogP contribution < -0.4 is 0 Å². The lowest BCUT2D eigenvalue weighted by molar-refractivity contribution is 0.564. The molecule has 0 aliphatic rings. The Kier molecular flexibility index (Phi) is 3.97. The molecule has 0 saturated heterocycles. The molecule has 17 heavy (non-hydrogen) atoms. The molecule has 0 radical (unpaired) electrons. The first-order valence-corrected chi connectivity index (χ1v) is 6.13. The van der Waals surface area contributed by atoms with E-state index in [0.717, 1.165) is 11.4 Å². The summed E-state index contributed by atoms with van der Waals surface area (Å²) in [6.45, 7) is 2.56. The number of hydrogen-bond acceptors (Lipinski definition) is 3. The molecule has 0 fully saturated rings. The first kappa shape index (κ1) is 12.3. The highest BCUT2D eigenvalue weighted by molar-refractivity contribution is 6.30. The summed E-state index contributed by atoms with van der Waals surface area (Å²) in [4.78, 5) is 0. The summed E-state index contributed by atoms with van der Waals surface area (Å²) >= 11 is 11.8. The molecule has 0 amide bonds. The van der Waals surface area contributed by atoms with E-state index in [1.807, 2.05) is 31.2 Å². The van der Waals surface area contributed by atoms with E-state index in [1.54, 1.807) is 4.68 Å². The van der Waals surface area contributed by atoms with Gasteiger partial charge in [-0.3, -0.25) is 0 Å². The molecule has 2 rings (SSSR count). The zero-order valence-electron chi connectivity index (χ0n) is 9.35. The number of aryl methyl sites for hydroxylation is 2. The summed E-state index contributed by atoms with van der Waals surface area (Å²) in [6, 6.07) is 7.75. The highest BCUT2D eigenvalue weighted by atomic mass is 35.5. The van der Waals surface area contributed by atoms with Gasteiger partial charge < -0.3 is 0 Å². The normalized spacial score (nSPS) is 12.6. The standard InChI is InChI=1S/C11H12Cl2N4/c1-8(12)11-14-15-16-17(11)7-6-9-2-4-10(13)5-3-9/h2-5,8H,6-7H2,1H3. The lowest BCUT2D eigenvalue weighted by Crippen LogP contribution is -2.08. The molecule has 90 valence electrons. The molecule has 1 heterocycles. The molecule has 0 aliphatic heterocycles. The van der Waals surface area contributed by atoms with Gasteiger partial charge in [0.2, 0.25) is 0 Å². The van der Waals surface area contributed by atoms with E-state index in [4.69, 9.17) is 23.2 Å². The van der Waals surface area contributed by atoms with Crippen LogP contribution in [-0.2, 0) is 13.0 Å². The number of tetrazole rings is 1. The Morgan fingerprint density at radius 2 is 2.00 bits per heavy atom. The second-order valence-corrected chi connectivity index (χ2v) is 4.84. The zero-order chi connectivity index (χ0) is 12.3. The predicted octanol–water partition coefficient (Wildman–Crippen LogP) is 2.87. The van der Waals surface area contributed by atoms with E-state index in [2.05, 4.69) is 15.5 Å². The molecule has 1 atom stereocenters. The number of rotatable bonds is 4. The fourth-order valence-electron chi connectivity index (χ4n) is 1.54. The van der Waals surface area contributed by atoms with Crippen LogP contribution in [0.15, 0.2) is 24.3 Å². The van der Waals surface area contributed by atoms with Crippen molar-refractivity contribution < 1.29 is 0 Å². The Morgan fingerprint density at radius 3 is 2.65 bits per heavy atom. The van der Waals surface area contributed by atoms with Crippen LogP contribution in [0.4, 0.5) is 0 Å². The molecule has 1 aromatic heterocycles. The summed E-state index contributed by atoms with van der Waals surface area (Å²) in [5.41, 5.74) is 1.19. The molecule has 0 saturated carbocycles. The van der Waals surface area contributed by atoms with Gasteiger partial charge in [0.05, 0.1) is 5.38 Å². The summed E-state index contributed by atoms with van der Waals surface area (Å²) in [5, 5.41) is 12.0. The SMILES string of the molecule is CC(Cl)c1nnnn1CCc1ccc(Cl)cc1. The predicted molar refractivity (Wildman–Crippen MR) is 67.2 cm³/mol. The molecule has 1 unspecified atom stereocenters. The fraction of sp³-hybridized carbons (Fsp3) is 0.364. The quantitative estimate of drug-likeness (QED) is 0.803. The van der Waals surface area contributed by atoms with Crippen molar-refractivity contribution in [3.63, 3.8) is 0 Å². The molecule has 0 spiro atoms. The van der Waals surface area contributed by atoms with Gasteiger partial charge in [0, 0.05) is 11.6 Å². The van der Waals surface area contributed by atoms with Crippen LogP contribution in [0.3, 0.4) is 0 Å². The summed E-state index contributed by atoms with van der Waals surface area (Å²) in [6.07, 6.45) is 0.846. The smallest absolute Gasteiger partial charge is 0.168 e. The van der Waals surface area contributed by atoms with Crippen molar-refractivity contribution in [2.75, 3.05) is 0 Å². The third-order valence-electron chi connectivity index (χ3n) is 2.44. The molecule has 2 aromatic rings. The van der Waals surface area contributed by atoms with Crippen LogP contribution >= 0.6 is 23.2 Å². The van der Waals surface area contributed by atoms with Crippen molar-refractivity contribution in [2.45, 2.75) is 25.3 Å². The number of alkyl halides is 1. The second-order valence-electron chi connectivity index (χ2n) is 3.75. The van der Waals surface area contributed by atoms with E-state index in [1.165, 1.54) is 5.56 Å². The highest BCUT2D eigenvalue weighted by Crippen LogP contribution is 2.16. The number of aromatic nitrogens is 4. The molecule has 6 heteroatoms. The van der Waals surface area contributed by atoms with Crippen molar-refractivity contribution in [3.05, 3.63) is 40.7 Å². The molecular weight excluding hydrogens is 259 g/mol. The van der Waals surface area contributed by atoms with Gasteiger partial charge in [-0.15, -0.1) is 16.7 Å². The van der Waals surface area contributed by atoms with Crippen molar-refractivity contribution in [2.24, 2.45) is 0 Å². The summed E-state index contributed by atoms with van der Waals surface area (Å²) in [7, 11) is 0. The number of halogens is 2.